The lowest BCUT2D eigenvalue weighted by Gasteiger charge is -2.21. The van der Waals surface area contributed by atoms with E-state index in [4.69, 9.17) is 5.73 Å². The molecule has 0 radical (unpaired) electrons. The van der Waals surface area contributed by atoms with Crippen LogP contribution >= 0.6 is 0 Å². The fraction of sp³-hybridized carbons (Fsp3) is 0.857. The SMILES string of the molecule is NC(=O)N1CCCN(C(=O)CCC2CCCC2)CC1. The van der Waals surface area contributed by atoms with Crippen LogP contribution in [-0.2, 0) is 4.79 Å². The number of primary amides is 1. The van der Waals surface area contributed by atoms with E-state index in [1.54, 1.807) is 4.90 Å². The van der Waals surface area contributed by atoms with Crippen molar-refractivity contribution in [2.24, 2.45) is 11.7 Å². The minimum atomic E-state index is -0.375. The summed E-state index contributed by atoms with van der Waals surface area (Å²) in [6.07, 6.45) is 7.78. The normalized spacial score (nSPS) is 21.5. The standard InChI is InChI=1S/C14H25N3O2/c15-14(19)17-9-3-8-16(10-11-17)13(18)7-6-12-4-1-2-5-12/h12H,1-11H2,(H2,15,19). The summed E-state index contributed by atoms with van der Waals surface area (Å²) in [5.41, 5.74) is 5.28. The molecule has 2 rings (SSSR count). The smallest absolute Gasteiger partial charge is 0.314 e. The second kappa shape index (κ2) is 6.78. The second-order valence-electron chi connectivity index (χ2n) is 5.75. The highest BCUT2D eigenvalue weighted by atomic mass is 16.2. The summed E-state index contributed by atoms with van der Waals surface area (Å²) in [7, 11) is 0. The van der Waals surface area contributed by atoms with Gasteiger partial charge in [-0.25, -0.2) is 4.79 Å². The largest absolute Gasteiger partial charge is 0.351 e. The number of rotatable bonds is 3. The van der Waals surface area contributed by atoms with E-state index in [-0.39, 0.29) is 11.9 Å². The molecule has 1 saturated heterocycles. The van der Waals surface area contributed by atoms with Gasteiger partial charge in [0.2, 0.25) is 5.91 Å². The van der Waals surface area contributed by atoms with Crippen LogP contribution in [0, 0.1) is 5.92 Å². The highest BCUT2D eigenvalue weighted by Gasteiger charge is 2.22. The van der Waals surface area contributed by atoms with E-state index >= 15 is 0 Å². The summed E-state index contributed by atoms with van der Waals surface area (Å²) in [6.45, 7) is 2.63. The molecule has 1 aliphatic carbocycles. The van der Waals surface area contributed by atoms with Crippen molar-refractivity contribution in [2.75, 3.05) is 26.2 Å². The van der Waals surface area contributed by atoms with Gasteiger partial charge in [-0.1, -0.05) is 25.7 Å². The average Bonchev–Trinajstić information content (AvgIpc) is 2.77. The first-order chi connectivity index (χ1) is 9.16. The van der Waals surface area contributed by atoms with Crippen LogP contribution in [-0.4, -0.2) is 47.9 Å². The molecule has 5 nitrogen and oxygen atoms in total. The molecule has 0 aromatic heterocycles. The van der Waals surface area contributed by atoms with E-state index in [0.29, 0.717) is 26.1 Å². The summed E-state index contributed by atoms with van der Waals surface area (Å²) < 4.78 is 0. The molecule has 19 heavy (non-hydrogen) atoms. The molecule has 0 spiro atoms. The van der Waals surface area contributed by atoms with Crippen LogP contribution in [0.3, 0.4) is 0 Å². The third kappa shape index (κ3) is 4.11. The van der Waals surface area contributed by atoms with Gasteiger partial charge in [-0.3, -0.25) is 4.79 Å². The topological polar surface area (TPSA) is 66.6 Å². The molecule has 2 aliphatic rings. The molecule has 5 heteroatoms. The monoisotopic (exact) mass is 267 g/mol. The molecule has 0 aromatic rings. The number of carbonyl (C=O) groups excluding carboxylic acids is 2. The second-order valence-corrected chi connectivity index (χ2v) is 5.75. The highest BCUT2D eigenvalue weighted by Crippen LogP contribution is 2.28. The Kier molecular flexibility index (Phi) is 5.05. The molecule has 108 valence electrons. The van der Waals surface area contributed by atoms with E-state index in [1.807, 2.05) is 4.90 Å². The zero-order valence-corrected chi connectivity index (χ0v) is 11.6. The first-order valence-electron chi connectivity index (χ1n) is 7.49. The van der Waals surface area contributed by atoms with Gasteiger partial charge in [0, 0.05) is 32.6 Å². The third-order valence-electron chi connectivity index (χ3n) is 4.40. The van der Waals surface area contributed by atoms with Gasteiger partial charge in [-0.05, 0) is 18.8 Å². The first-order valence-corrected chi connectivity index (χ1v) is 7.49. The van der Waals surface area contributed by atoms with Gasteiger partial charge in [-0.15, -0.1) is 0 Å². The maximum absolute atomic E-state index is 12.2. The lowest BCUT2D eigenvalue weighted by atomic mass is 10.0. The Bertz CT molecular complexity index is 327. The molecule has 1 heterocycles. The van der Waals surface area contributed by atoms with Gasteiger partial charge in [0.25, 0.3) is 0 Å². The third-order valence-corrected chi connectivity index (χ3v) is 4.40. The van der Waals surface area contributed by atoms with Crippen molar-refractivity contribution in [3.8, 4) is 0 Å². The molecule has 0 unspecified atom stereocenters. The van der Waals surface area contributed by atoms with Gasteiger partial charge >= 0.3 is 6.03 Å². The maximum Gasteiger partial charge on any atom is 0.314 e. The zero-order chi connectivity index (χ0) is 13.7. The van der Waals surface area contributed by atoms with Crippen LogP contribution in [0.5, 0.6) is 0 Å². The van der Waals surface area contributed by atoms with Crippen LogP contribution in [0.4, 0.5) is 4.79 Å². The minimum Gasteiger partial charge on any atom is -0.351 e. The lowest BCUT2D eigenvalue weighted by molar-refractivity contribution is -0.131. The van der Waals surface area contributed by atoms with E-state index < -0.39 is 0 Å². The van der Waals surface area contributed by atoms with Crippen molar-refractivity contribution in [3.63, 3.8) is 0 Å². The molecule has 2 N–H and O–H groups in total. The van der Waals surface area contributed by atoms with Gasteiger partial charge in [0.15, 0.2) is 0 Å². The summed E-state index contributed by atoms with van der Waals surface area (Å²) in [5, 5.41) is 0. The Morgan fingerprint density at radius 3 is 2.26 bits per heavy atom. The van der Waals surface area contributed by atoms with E-state index in [9.17, 15) is 9.59 Å². The van der Waals surface area contributed by atoms with E-state index in [1.165, 1.54) is 25.7 Å². The predicted octanol–water partition coefficient (Wildman–Crippen LogP) is 1.57. The van der Waals surface area contributed by atoms with Crippen molar-refractivity contribution >= 4 is 11.9 Å². The average molecular weight is 267 g/mol. The Morgan fingerprint density at radius 2 is 1.58 bits per heavy atom. The molecular formula is C14H25N3O2. The van der Waals surface area contributed by atoms with Gasteiger partial charge < -0.3 is 15.5 Å². The van der Waals surface area contributed by atoms with Crippen molar-refractivity contribution in [1.29, 1.82) is 0 Å². The zero-order valence-electron chi connectivity index (χ0n) is 11.6. The highest BCUT2D eigenvalue weighted by molar-refractivity contribution is 5.76. The van der Waals surface area contributed by atoms with Crippen LogP contribution in [0.2, 0.25) is 0 Å². The molecule has 3 amide bonds. The number of hydrogen-bond donors (Lipinski definition) is 1. The number of carbonyl (C=O) groups is 2. The number of nitrogens with zero attached hydrogens (tertiary/aromatic N) is 2. The molecule has 0 bridgehead atoms. The van der Waals surface area contributed by atoms with Crippen molar-refractivity contribution in [1.82, 2.24) is 9.80 Å². The Balaban J connectivity index is 1.74. The Labute approximate surface area is 115 Å². The van der Waals surface area contributed by atoms with Crippen LogP contribution in [0.15, 0.2) is 0 Å². The summed E-state index contributed by atoms with van der Waals surface area (Å²) >= 11 is 0. The van der Waals surface area contributed by atoms with Gasteiger partial charge in [-0.2, -0.15) is 0 Å². The number of nitrogens with two attached hydrogens (primary N) is 1. The van der Waals surface area contributed by atoms with Crippen LogP contribution in [0.25, 0.3) is 0 Å². The van der Waals surface area contributed by atoms with E-state index in [0.717, 1.165) is 25.3 Å². The van der Waals surface area contributed by atoms with Gasteiger partial charge in [0.1, 0.15) is 0 Å². The van der Waals surface area contributed by atoms with E-state index in [2.05, 4.69) is 0 Å². The number of hydrogen-bond acceptors (Lipinski definition) is 2. The summed E-state index contributed by atoms with van der Waals surface area (Å²) in [6, 6.07) is -0.375. The molecule has 1 saturated carbocycles. The van der Waals surface area contributed by atoms with Crippen molar-refractivity contribution < 1.29 is 9.59 Å². The Hall–Kier alpha value is -1.26. The minimum absolute atomic E-state index is 0.248. The predicted molar refractivity (Wildman–Crippen MR) is 73.5 cm³/mol. The van der Waals surface area contributed by atoms with Gasteiger partial charge in [0.05, 0.1) is 0 Å². The molecule has 0 aromatic carbocycles. The maximum atomic E-state index is 12.2. The number of amides is 3. The summed E-state index contributed by atoms with van der Waals surface area (Å²) in [4.78, 5) is 26.8. The first kappa shape index (κ1) is 14.2. The quantitative estimate of drug-likeness (QED) is 0.843. The fourth-order valence-corrected chi connectivity index (χ4v) is 3.17. The fourth-order valence-electron chi connectivity index (χ4n) is 3.17. The molecule has 0 atom stereocenters. The molecular weight excluding hydrogens is 242 g/mol. The van der Waals surface area contributed by atoms with Crippen LogP contribution in [0.1, 0.15) is 44.9 Å². The van der Waals surface area contributed by atoms with Crippen molar-refractivity contribution in [2.45, 2.75) is 44.9 Å². The van der Waals surface area contributed by atoms with Crippen LogP contribution < -0.4 is 5.73 Å². The van der Waals surface area contributed by atoms with Crippen molar-refractivity contribution in [3.05, 3.63) is 0 Å². The number of urea groups is 1. The lowest BCUT2D eigenvalue weighted by Crippen LogP contribution is -2.39. The Morgan fingerprint density at radius 1 is 0.947 bits per heavy atom. The molecule has 1 aliphatic heterocycles. The molecule has 2 fully saturated rings. The summed E-state index contributed by atoms with van der Waals surface area (Å²) in [5.74, 6) is 1.01.